The molecule has 0 aromatic carbocycles. The van der Waals surface area contributed by atoms with Gasteiger partial charge in [0, 0.05) is 18.3 Å². The first-order valence-electron chi connectivity index (χ1n) is 10.8. The molecule has 7 nitrogen and oxygen atoms in total. The fourth-order valence-corrected chi connectivity index (χ4v) is 4.45. The minimum atomic E-state index is -2.47. The van der Waals surface area contributed by atoms with Crippen molar-refractivity contribution in [2.24, 2.45) is 5.92 Å². The molecule has 162 valence electrons. The molecule has 0 amide bonds. The largest absolute Gasteiger partial charge is 0.353 e. The van der Waals surface area contributed by atoms with Crippen molar-refractivity contribution in [1.29, 1.82) is 0 Å². The summed E-state index contributed by atoms with van der Waals surface area (Å²) < 4.78 is 29.3. The molecular weight excluding hydrogens is 400 g/mol. The number of alkyl halides is 2. The van der Waals surface area contributed by atoms with Crippen LogP contribution in [0.4, 0.5) is 14.7 Å². The van der Waals surface area contributed by atoms with Gasteiger partial charge in [-0.25, -0.2) is 28.2 Å². The van der Waals surface area contributed by atoms with Crippen molar-refractivity contribution in [1.82, 2.24) is 29.1 Å². The molecule has 0 atom stereocenters. The van der Waals surface area contributed by atoms with Gasteiger partial charge in [-0.1, -0.05) is 19.3 Å². The van der Waals surface area contributed by atoms with Gasteiger partial charge in [0.1, 0.15) is 11.3 Å². The Morgan fingerprint density at radius 1 is 1.13 bits per heavy atom. The van der Waals surface area contributed by atoms with Crippen LogP contribution in [0, 0.1) is 12.8 Å². The average molecular weight is 425 g/mol. The van der Waals surface area contributed by atoms with Gasteiger partial charge in [-0.05, 0) is 43.9 Å². The Balaban J connectivity index is 1.42. The highest BCUT2D eigenvalue weighted by molar-refractivity contribution is 5.82. The maximum Gasteiger partial charge on any atom is 0.256 e. The summed E-state index contributed by atoms with van der Waals surface area (Å²) in [5.41, 5.74) is 3.41. The molecular formula is C22H25F2N7. The van der Waals surface area contributed by atoms with Crippen LogP contribution in [0.2, 0.25) is 0 Å². The van der Waals surface area contributed by atoms with Gasteiger partial charge in [0.25, 0.3) is 6.43 Å². The van der Waals surface area contributed by atoms with Gasteiger partial charge in [-0.2, -0.15) is 0 Å². The zero-order valence-corrected chi connectivity index (χ0v) is 17.4. The van der Waals surface area contributed by atoms with E-state index in [0.29, 0.717) is 34.5 Å². The average Bonchev–Trinajstić information content (AvgIpc) is 3.33. The number of aryl methyl sites for hydroxylation is 1. The van der Waals surface area contributed by atoms with Crippen molar-refractivity contribution >= 4 is 22.6 Å². The molecule has 4 aromatic rings. The molecule has 31 heavy (non-hydrogen) atoms. The van der Waals surface area contributed by atoms with E-state index in [1.807, 2.05) is 24.4 Å². The van der Waals surface area contributed by atoms with Crippen LogP contribution in [0.3, 0.4) is 0 Å². The minimum Gasteiger partial charge on any atom is -0.353 e. The molecule has 0 unspecified atom stereocenters. The molecule has 1 fully saturated rings. The number of hydrogen-bond donors (Lipinski definition) is 1. The van der Waals surface area contributed by atoms with Crippen LogP contribution in [0.15, 0.2) is 30.6 Å². The van der Waals surface area contributed by atoms with Crippen LogP contribution in [-0.2, 0) is 6.54 Å². The molecule has 0 saturated heterocycles. The Morgan fingerprint density at radius 3 is 2.77 bits per heavy atom. The number of anilines is 1. The fourth-order valence-electron chi connectivity index (χ4n) is 4.45. The quantitative estimate of drug-likeness (QED) is 0.484. The summed E-state index contributed by atoms with van der Waals surface area (Å²) in [6, 6.07) is 5.59. The standard InChI is InChI=1S/C22H25F2N7/c1-14-27-18-8-7-17(28-21(18)30(14)13-20(23)24)16-9-10-31-19(16)12-26-22(29-31)25-11-15-5-3-2-4-6-15/h7-10,12,15,20H,2-6,11,13H2,1H3,(H,25,29). The first kappa shape index (κ1) is 19.8. The summed E-state index contributed by atoms with van der Waals surface area (Å²) in [6.45, 7) is 2.19. The summed E-state index contributed by atoms with van der Waals surface area (Å²) in [7, 11) is 0. The Labute approximate surface area is 178 Å². The van der Waals surface area contributed by atoms with Crippen molar-refractivity contribution in [2.45, 2.75) is 52.0 Å². The molecule has 1 aliphatic carbocycles. The predicted octanol–water partition coefficient (Wildman–Crippen LogP) is 4.71. The molecule has 9 heteroatoms. The highest BCUT2D eigenvalue weighted by atomic mass is 19.3. The van der Waals surface area contributed by atoms with E-state index in [-0.39, 0.29) is 0 Å². The van der Waals surface area contributed by atoms with E-state index in [9.17, 15) is 8.78 Å². The lowest BCUT2D eigenvalue weighted by Crippen LogP contribution is -2.18. The number of aromatic nitrogens is 6. The van der Waals surface area contributed by atoms with Crippen molar-refractivity contribution in [2.75, 3.05) is 11.9 Å². The molecule has 4 aromatic heterocycles. The second-order valence-electron chi connectivity index (χ2n) is 8.23. The van der Waals surface area contributed by atoms with Crippen molar-refractivity contribution < 1.29 is 8.78 Å². The van der Waals surface area contributed by atoms with E-state index in [2.05, 4.69) is 25.4 Å². The van der Waals surface area contributed by atoms with E-state index in [4.69, 9.17) is 0 Å². The van der Waals surface area contributed by atoms with E-state index in [0.717, 1.165) is 17.6 Å². The van der Waals surface area contributed by atoms with Gasteiger partial charge in [0.2, 0.25) is 5.95 Å². The Morgan fingerprint density at radius 2 is 1.97 bits per heavy atom. The van der Waals surface area contributed by atoms with Crippen LogP contribution in [0.25, 0.3) is 27.9 Å². The Hall–Kier alpha value is -3.10. The second kappa shape index (κ2) is 8.20. The summed E-state index contributed by atoms with van der Waals surface area (Å²) >= 11 is 0. The molecule has 1 saturated carbocycles. The van der Waals surface area contributed by atoms with Crippen molar-refractivity contribution in [3.63, 3.8) is 0 Å². The summed E-state index contributed by atoms with van der Waals surface area (Å²) in [6.07, 6.45) is 7.65. The third-order valence-corrected chi connectivity index (χ3v) is 6.07. The van der Waals surface area contributed by atoms with Crippen LogP contribution in [-0.4, -0.2) is 42.1 Å². The molecule has 0 aliphatic heterocycles. The molecule has 0 spiro atoms. The summed E-state index contributed by atoms with van der Waals surface area (Å²) in [5, 5.41) is 7.95. The van der Waals surface area contributed by atoms with Crippen LogP contribution >= 0.6 is 0 Å². The minimum absolute atomic E-state index is 0.422. The van der Waals surface area contributed by atoms with Gasteiger partial charge < -0.3 is 9.88 Å². The van der Waals surface area contributed by atoms with Crippen LogP contribution < -0.4 is 5.32 Å². The lowest BCUT2D eigenvalue weighted by Gasteiger charge is -2.21. The monoisotopic (exact) mass is 425 g/mol. The van der Waals surface area contributed by atoms with Gasteiger partial charge in [-0.3, -0.25) is 0 Å². The molecule has 5 rings (SSSR count). The topological polar surface area (TPSA) is 72.9 Å². The number of pyridine rings is 1. The smallest absolute Gasteiger partial charge is 0.256 e. The number of nitrogens with zero attached hydrogens (tertiary/aromatic N) is 6. The van der Waals surface area contributed by atoms with Crippen LogP contribution in [0.5, 0.6) is 0 Å². The molecule has 1 N–H and O–H groups in total. The molecule has 0 radical (unpaired) electrons. The number of imidazole rings is 1. The van der Waals surface area contributed by atoms with E-state index < -0.39 is 13.0 Å². The van der Waals surface area contributed by atoms with E-state index in [1.54, 1.807) is 17.6 Å². The Kier molecular flexibility index (Phi) is 5.25. The van der Waals surface area contributed by atoms with Crippen molar-refractivity contribution in [3.8, 4) is 11.3 Å². The first-order chi connectivity index (χ1) is 15.1. The van der Waals surface area contributed by atoms with E-state index in [1.165, 1.54) is 36.7 Å². The van der Waals surface area contributed by atoms with Crippen LogP contribution in [0.1, 0.15) is 37.9 Å². The highest BCUT2D eigenvalue weighted by Gasteiger charge is 2.17. The van der Waals surface area contributed by atoms with Gasteiger partial charge in [0.05, 0.1) is 24.0 Å². The van der Waals surface area contributed by atoms with Gasteiger partial charge in [-0.15, -0.1) is 5.10 Å². The van der Waals surface area contributed by atoms with E-state index >= 15 is 0 Å². The normalized spacial score (nSPS) is 15.4. The molecule has 4 heterocycles. The predicted molar refractivity (Wildman–Crippen MR) is 115 cm³/mol. The summed E-state index contributed by atoms with van der Waals surface area (Å²) in [5.74, 6) is 1.82. The number of hydrogen-bond acceptors (Lipinski definition) is 5. The number of halogens is 2. The molecule has 1 aliphatic rings. The second-order valence-corrected chi connectivity index (χ2v) is 8.23. The Bertz CT molecular complexity index is 1210. The fraction of sp³-hybridized carbons (Fsp3) is 0.455. The van der Waals surface area contributed by atoms with Gasteiger partial charge in [0.15, 0.2) is 5.65 Å². The SMILES string of the molecule is Cc1nc2ccc(-c3ccn4nc(NCC5CCCCC5)ncc34)nc2n1CC(F)F. The molecule has 0 bridgehead atoms. The zero-order chi connectivity index (χ0) is 21.4. The first-order valence-corrected chi connectivity index (χ1v) is 10.8. The summed E-state index contributed by atoms with van der Waals surface area (Å²) in [4.78, 5) is 13.5. The van der Waals surface area contributed by atoms with Gasteiger partial charge >= 0.3 is 0 Å². The number of nitrogens with one attached hydrogen (secondary N) is 1. The zero-order valence-electron chi connectivity index (χ0n) is 17.4. The maximum atomic E-state index is 13.0. The maximum absolute atomic E-state index is 13.0. The lowest BCUT2D eigenvalue weighted by molar-refractivity contribution is 0.127. The third kappa shape index (κ3) is 3.96. The third-order valence-electron chi connectivity index (χ3n) is 6.07. The lowest BCUT2D eigenvalue weighted by atomic mass is 9.89. The highest BCUT2D eigenvalue weighted by Crippen LogP contribution is 2.27. The number of fused-ring (bicyclic) bond motifs is 2. The van der Waals surface area contributed by atoms with Crippen molar-refractivity contribution in [3.05, 3.63) is 36.4 Å². The number of rotatable bonds is 6.